The van der Waals surface area contributed by atoms with E-state index in [0.29, 0.717) is 6.42 Å². The normalized spacial score (nSPS) is 18.1. The van der Waals surface area contributed by atoms with E-state index in [2.05, 4.69) is 18.2 Å². The van der Waals surface area contributed by atoms with Crippen molar-refractivity contribution < 1.29 is 4.79 Å². The molecule has 0 unspecified atom stereocenters. The van der Waals surface area contributed by atoms with Crippen LogP contribution in [0.15, 0.2) is 48.1 Å². The topological polar surface area (TPSA) is 17.1 Å². The molecule has 0 radical (unpaired) electrons. The zero-order valence-electron chi connectivity index (χ0n) is 8.94. The first-order chi connectivity index (χ1) is 7.86. The highest BCUT2D eigenvalue weighted by atomic mass is 16.1. The maximum Gasteiger partial charge on any atom is 0.164 e. The molecule has 78 valence electrons. The highest BCUT2D eigenvalue weighted by Crippen LogP contribution is 2.22. The van der Waals surface area contributed by atoms with Crippen molar-refractivity contribution in [2.75, 3.05) is 0 Å². The number of carbonyl (C=O) groups excluding carboxylic acids is 1. The molecule has 0 saturated heterocycles. The average molecular weight is 208 g/mol. The zero-order valence-corrected chi connectivity index (χ0v) is 8.94. The Balaban J connectivity index is 2.49. The predicted octanol–water partition coefficient (Wildman–Crippen LogP) is 1.48. The van der Waals surface area contributed by atoms with Gasteiger partial charge in [-0.05, 0) is 22.4 Å². The summed E-state index contributed by atoms with van der Waals surface area (Å²) in [6, 6.07) is 8.08. The lowest BCUT2D eigenvalue weighted by atomic mass is 9.90. The first-order valence-corrected chi connectivity index (χ1v) is 5.58. The molecule has 0 aromatic heterocycles. The quantitative estimate of drug-likeness (QED) is 0.631. The van der Waals surface area contributed by atoms with Crippen LogP contribution in [0.5, 0.6) is 0 Å². The molecule has 0 heterocycles. The van der Waals surface area contributed by atoms with Crippen LogP contribution < -0.4 is 10.4 Å². The van der Waals surface area contributed by atoms with Crippen molar-refractivity contribution in [2.45, 2.75) is 12.8 Å². The highest BCUT2D eigenvalue weighted by Gasteiger charge is 2.18. The van der Waals surface area contributed by atoms with Crippen molar-refractivity contribution in [2.24, 2.45) is 0 Å². The van der Waals surface area contributed by atoms with E-state index in [1.165, 1.54) is 0 Å². The predicted molar refractivity (Wildman–Crippen MR) is 65.0 cm³/mol. The van der Waals surface area contributed by atoms with Crippen molar-refractivity contribution in [3.8, 4) is 0 Å². The number of allylic oxidation sites excluding steroid dienone is 4. The Bertz CT molecular complexity index is 630. The number of carbonyl (C=O) groups is 1. The number of hydrogen-bond acceptors (Lipinski definition) is 1. The fraction of sp³-hybridized carbons (Fsp3) is 0.133. The highest BCUT2D eigenvalue weighted by molar-refractivity contribution is 6.22. The average Bonchev–Trinajstić information content (AvgIpc) is 2.49. The monoisotopic (exact) mass is 208 g/mol. The second-order valence-corrected chi connectivity index (χ2v) is 4.11. The van der Waals surface area contributed by atoms with E-state index in [0.717, 1.165) is 28.0 Å². The van der Waals surface area contributed by atoms with Crippen molar-refractivity contribution in [1.29, 1.82) is 0 Å². The van der Waals surface area contributed by atoms with Gasteiger partial charge in [-0.1, -0.05) is 48.6 Å². The summed E-state index contributed by atoms with van der Waals surface area (Å²) < 4.78 is 0. The number of rotatable bonds is 0. The summed E-state index contributed by atoms with van der Waals surface area (Å²) >= 11 is 0. The van der Waals surface area contributed by atoms with Crippen LogP contribution in [0.2, 0.25) is 0 Å². The van der Waals surface area contributed by atoms with E-state index in [1.54, 1.807) is 0 Å². The molecule has 2 aliphatic carbocycles. The smallest absolute Gasteiger partial charge is 0.164 e. The van der Waals surface area contributed by atoms with E-state index >= 15 is 0 Å². The summed E-state index contributed by atoms with van der Waals surface area (Å²) in [5.74, 6) is 0.268. The summed E-state index contributed by atoms with van der Waals surface area (Å²) in [5, 5.41) is 2.20. The third kappa shape index (κ3) is 1.36. The summed E-state index contributed by atoms with van der Waals surface area (Å²) in [6.07, 6.45) is 9.78. The van der Waals surface area contributed by atoms with Crippen LogP contribution >= 0.6 is 0 Å². The standard InChI is InChI=1S/C15H12O/c16-14-10-4-8-12-7-3-6-11-5-1-2-9-13(11)15(12)14/h1-3,5-9H,4,10H2. The van der Waals surface area contributed by atoms with Crippen LogP contribution in [-0.4, -0.2) is 5.78 Å². The maximum absolute atomic E-state index is 12.0. The van der Waals surface area contributed by atoms with E-state index in [1.807, 2.05) is 30.4 Å². The SMILES string of the molecule is O=C1CCC=C2C=CC=c3ccccc3=C12. The minimum Gasteiger partial charge on any atom is -0.294 e. The van der Waals surface area contributed by atoms with E-state index < -0.39 is 0 Å². The van der Waals surface area contributed by atoms with E-state index in [9.17, 15) is 4.79 Å². The van der Waals surface area contributed by atoms with Gasteiger partial charge >= 0.3 is 0 Å². The molecule has 0 atom stereocenters. The minimum atomic E-state index is 0.268. The lowest BCUT2D eigenvalue weighted by molar-refractivity contribution is -0.113. The van der Waals surface area contributed by atoms with E-state index in [4.69, 9.17) is 0 Å². The maximum atomic E-state index is 12.0. The third-order valence-electron chi connectivity index (χ3n) is 3.08. The molecular formula is C15H12O. The lowest BCUT2D eigenvalue weighted by Gasteiger charge is -2.12. The number of Topliss-reactive ketones (excluding diaryl/α,β-unsaturated/α-hetero) is 1. The summed E-state index contributed by atoms with van der Waals surface area (Å²) in [6.45, 7) is 0. The van der Waals surface area contributed by atoms with Gasteiger partial charge in [-0.3, -0.25) is 4.79 Å². The molecule has 2 aliphatic rings. The molecule has 1 aromatic carbocycles. The second-order valence-electron chi connectivity index (χ2n) is 4.11. The summed E-state index contributed by atoms with van der Waals surface area (Å²) in [4.78, 5) is 12.0. The molecule has 3 rings (SSSR count). The fourth-order valence-corrected chi connectivity index (χ4v) is 2.33. The molecule has 0 amide bonds. The third-order valence-corrected chi connectivity index (χ3v) is 3.08. The zero-order chi connectivity index (χ0) is 11.0. The van der Waals surface area contributed by atoms with Crippen LogP contribution in [-0.2, 0) is 4.79 Å². The minimum absolute atomic E-state index is 0.268. The Morgan fingerprint density at radius 1 is 1.12 bits per heavy atom. The number of benzene rings is 1. The molecule has 0 fully saturated rings. The Kier molecular flexibility index (Phi) is 2.10. The van der Waals surface area contributed by atoms with E-state index in [-0.39, 0.29) is 5.78 Å². The Hall–Kier alpha value is -1.89. The van der Waals surface area contributed by atoms with Crippen LogP contribution in [0, 0.1) is 0 Å². The van der Waals surface area contributed by atoms with Gasteiger partial charge in [0.2, 0.25) is 0 Å². The Morgan fingerprint density at radius 2 is 2.00 bits per heavy atom. The Morgan fingerprint density at radius 3 is 2.94 bits per heavy atom. The number of hydrogen-bond donors (Lipinski definition) is 0. The van der Waals surface area contributed by atoms with Crippen molar-refractivity contribution in [3.63, 3.8) is 0 Å². The van der Waals surface area contributed by atoms with Gasteiger partial charge in [-0.25, -0.2) is 0 Å². The van der Waals surface area contributed by atoms with Gasteiger partial charge in [0.1, 0.15) is 0 Å². The number of ketones is 1. The molecule has 1 aromatic rings. The fourth-order valence-electron chi connectivity index (χ4n) is 2.33. The van der Waals surface area contributed by atoms with Crippen molar-refractivity contribution in [1.82, 2.24) is 0 Å². The van der Waals surface area contributed by atoms with Gasteiger partial charge in [0.15, 0.2) is 5.78 Å². The van der Waals surface area contributed by atoms with Crippen molar-refractivity contribution >= 4 is 17.4 Å². The van der Waals surface area contributed by atoms with Gasteiger partial charge in [-0.15, -0.1) is 0 Å². The molecule has 16 heavy (non-hydrogen) atoms. The molecule has 0 aliphatic heterocycles. The van der Waals surface area contributed by atoms with Crippen molar-refractivity contribution in [3.05, 3.63) is 58.5 Å². The van der Waals surface area contributed by atoms with Crippen LogP contribution in [0.1, 0.15) is 12.8 Å². The molecule has 1 heteroatoms. The van der Waals surface area contributed by atoms with Gasteiger partial charge in [-0.2, -0.15) is 0 Å². The lowest BCUT2D eigenvalue weighted by Crippen LogP contribution is -2.29. The molecule has 1 nitrogen and oxygen atoms in total. The summed E-state index contributed by atoms with van der Waals surface area (Å²) in [5.41, 5.74) is 1.98. The first kappa shape index (κ1) is 9.34. The van der Waals surface area contributed by atoms with Gasteiger partial charge in [0.05, 0.1) is 0 Å². The Labute approximate surface area is 94.1 Å². The molecule has 0 saturated carbocycles. The van der Waals surface area contributed by atoms with Crippen LogP contribution in [0.4, 0.5) is 0 Å². The van der Waals surface area contributed by atoms with Gasteiger partial charge < -0.3 is 0 Å². The number of fused-ring (bicyclic) bond motifs is 2. The van der Waals surface area contributed by atoms with Gasteiger partial charge in [0, 0.05) is 12.0 Å². The molecule has 0 spiro atoms. The molecule has 0 N–H and O–H groups in total. The van der Waals surface area contributed by atoms with Crippen LogP contribution in [0.3, 0.4) is 0 Å². The van der Waals surface area contributed by atoms with Crippen LogP contribution in [0.25, 0.3) is 11.6 Å². The molecule has 0 bridgehead atoms. The first-order valence-electron chi connectivity index (χ1n) is 5.58. The van der Waals surface area contributed by atoms with Gasteiger partial charge in [0.25, 0.3) is 0 Å². The largest absolute Gasteiger partial charge is 0.294 e. The molecular weight excluding hydrogens is 196 g/mol. The summed E-state index contributed by atoms with van der Waals surface area (Å²) in [7, 11) is 0. The second kappa shape index (κ2) is 3.60.